The summed E-state index contributed by atoms with van der Waals surface area (Å²) in [6, 6.07) is 4.21. The van der Waals surface area contributed by atoms with E-state index in [0.29, 0.717) is 18.7 Å². The molecule has 0 aliphatic carbocycles. The highest BCUT2D eigenvalue weighted by Gasteiger charge is 2.17. The molecule has 2 aromatic rings. The Kier molecular flexibility index (Phi) is 6.98. The van der Waals surface area contributed by atoms with Gasteiger partial charge in [-0.05, 0) is 31.5 Å². The number of aromatic nitrogens is 2. The number of ether oxygens (including phenoxy) is 2. The molecule has 1 aromatic heterocycles. The molecule has 0 radical (unpaired) electrons. The lowest BCUT2D eigenvalue weighted by Crippen LogP contribution is -2.25. The summed E-state index contributed by atoms with van der Waals surface area (Å²) in [7, 11) is -2.29. The van der Waals surface area contributed by atoms with Gasteiger partial charge in [0.15, 0.2) is 0 Å². The molecule has 9 nitrogen and oxygen atoms in total. The average molecular weight is 382 g/mol. The highest BCUT2D eigenvalue weighted by Crippen LogP contribution is 2.27. The number of amides is 1. The molecule has 0 unspecified atom stereocenters. The molecule has 1 aromatic carbocycles. The van der Waals surface area contributed by atoms with Crippen LogP contribution in [0.5, 0.6) is 5.75 Å². The van der Waals surface area contributed by atoms with Crippen LogP contribution < -0.4 is 14.8 Å². The first kappa shape index (κ1) is 19.7. The fourth-order valence-electron chi connectivity index (χ4n) is 2.20. The molecule has 0 atom stereocenters. The van der Waals surface area contributed by atoms with Crippen molar-refractivity contribution in [3.05, 3.63) is 36.9 Å². The Morgan fingerprint density at radius 1 is 1.35 bits per heavy atom. The smallest absolute Gasteiger partial charge is 0.411 e. The summed E-state index contributed by atoms with van der Waals surface area (Å²) < 4.78 is 39.2. The Morgan fingerprint density at radius 3 is 2.81 bits per heavy atom. The van der Waals surface area contributed by atoms with E-state index >= 15 is 0 Å². The van der Waals surface area contributed by atoms with E-state index in [1.54, 1.807) is 19.4 Å². The van der Waals surface area contributed by atoms with E-state index < -0.39 is 16.1 Å². The monoisotopic (exact) mass is 382 g/mol. The van der Waals surface area contributed by atoms with Crippen LogP contribution in [-0.2, 0) is 21.3 Å². The molecule has 0 fully saturated rings. The van der Waals surface area contributed by atoms with Gasteiger partial charge in [-0.3, -0.25) is 5.32 Å². The third-order valence-electron chi connectivity index (χ3n) is 3.44. The highest BCUT2D eigenvalue weighted by atomic mass is 32.2. The lowest BCUT2D eigenvalue weighted by molar-refractivity contribution is 0.168. The number of hydrogen-bond acceptors (Lipinski definition) is 6. The molecule has 0 aliphatic rings. The standard InChI is InChI=1S/C16H22N4O5S/c1-3-25-16(21)19-14-11-13(5-6-15(14)24-2)26(22,23)18-7-4-9-20-10-8-17-12-20/h5-6,8,10-12,18H,3-4,7,9H2,1-2H3,(H,19,21). The summed E-state index contributed by atoms with van der Waals surface area (Å²) in [5, 5.41) is 2.47. The summed E-state index contributed by atoms with van der Waals surface area (Å²) >= 11 is 0. The van der Waals surface area contributed by atoms with Gasteiger partial charge >= 0.3 is 6.09 Å². The van der Waals surface area contributed by atoms with E-state index in [2.05, 4.69) is 15.0 Å². The van der Waals surface area contributed by atoms with Crippen molar-refractivity contribution in [3.63, 3.8) is 0 Å². The first-order valence-corrected chi connectivity index (χ1v) is 9.52. The summed E-state index contributed by atoms with van der Waals surface area (Å²) in [4.78, 5) is 15.6. The van der Waals surface area contributed by atoms with Crippen LogP contribution in [0.3, 0.4) is 0 Å². The van der Waals surface area contributed by atoms with Crippen molar-refractivity contribution in [2.45, 2.75) is 24.8 Å². The Morgan fingerprint density at radius 2 is 2.15 bits per heavy atom. The average Bonchev–Trinajstić information content (AvgIpc) is 3.12. The number of rotatable bonds is 9. The van der Waals surface area contributed by atoms with Crippen molar-refractivity contribution in [1.29, 1.82) is 0 Å². The van der Waals surface area contributed by atoms with Gasteiger partial charge in [0.25, 0.3) is 0 Å². The van der Waals surface area contributed by atoms with Crippen LogP contribution in [0.25, 0.3) is 0 Å². The highest BCUT2D eigenvalue weighted by molar-refractivity contribution is 7.89. The summed E-state index contributed by atoms with van der Waals surface area (Å²) in [5.74, 6) is 0.331. The quantitative estimate of drug-likeness (QED) is 0.640. The predicted octanol–water partition coefficient (Wildman–Crippen LogP) is 1.83. The number of imidazole rings is 1. The zero-order valence-electron chi connectivity index (χ0n) is 14.6. The molecule has 10 heteroatoms. The van der Waals surface area contributed by atoms with Gasteiger partial charge in [0, 0.05) is 25.5 Å². The number of aryl methyl sites for hydroxylation is 1. The summed E-state index contributed by atoms with van der Waals surface area (Å²) in [6.07, 6.45) is 5.07. The van der Waals surface area contributed by atoms with Crippen LogP contribution in [-0.4, -0.2) is 44.3 Å². The number of carbonyl (C=O) groups is 1. The zero-order chi connectivity index (χ0) is 19.0. The topological polar surface area (TPSA) is 112 Å². The van der Waals surface area contributed by atoms with E-state index in [1.807, 2.05) is 10.8 Å². The van der Waals surface area contributed by atoms with Crippen molar-refractivity contribution in [2.75, 3.05) is 25.6 Å². The van der Waals surface area contributed by atoms with Crippen LogP contribution in [0.2, 0.25) is 0 Å². The number of anilines is 1. The van der Waals surface area contributed by atoms with E-state index in [4.69, 9.17) is 9.47 Å². The van der Waals surface area contributed by atoms with Crippen LogP contribution in [0.1, 0.15) is 13.3 Å². The Labute approximate surface area is 152 Å². The van der Waals surface area contributed by atoms with Gasteiger partial charge in [-0.25, -0.2) is 22.9 Å². The Balaban J connectivity index is 2.03. The molecular formula is C16H22N4O5S. The van der Waals surface area contributed by atoms with Crippen molar-refractivity contribution in [2.24, 2.45) is 0 Å². The zero-order valence-corrected chi connectivity index (χ0v) is 15.5. The SMILES string of the molecule is CCOC(=O)Nc1cc(S(=O)(=O)NCCCn2ccnc2)ccc1OC. The number of benzene rings is 1. The molecule has 0 aliphatic heterocycles. The van der Waals surface area contributed by atoms with Gasteiger partial charge in [0.2, 0.25) is 10.0 Å². The maximum atomic E-state index is 12.4. The van der Waals surface area contributed by atoms with Gasteiger partial charge in [-0.2, -0.15) is 0 Å². The molecular weight excluding hydrogens is 360 g/mol. The molecule has 0 saturated heterocycles. The summed E-state index contributed by atoms with van der Waals surface area (Å²) in [6.45, 7) is 2.80. The normalized spacial score (nSPS) is 11.2. The molecule has 2 rings (SSSR count). The maximum absolute atomic E-state index is 12.4. The number of nitrogens with one attached hydrogen (secondary N) is 2. The molecule has 26 heavy (non-hydrogen) atoms. The minimum atomic E-state index is -3.72. The number of hydrogen-bond donors (Lipinski definition) is 2. The number of sulfonamides is 1. The van der Waals surface area contributed by atoms with Gasteiger partial charge in [0.05, 0.1) is 30.6 Å². The van der Waals surface area contributed by atoms with Crippen LogP contribution in [0.4, 0.5) is 10.5 Å². The van der Waals surface area contributed by atoms with Gasteiger partial charge < -0.3 is 14.0 Å². The largest absolute Gasteiger partial charge is 0.495 e. The Hall–Kier alpha value is -2.59. The Bertz CT molecular complexity index is 821. The lowest BCUT2D eigenvalue weighted by atomic mass is 10.3. The second-order valence-corrected chi connectivity index (χ2v) is 7.03. The third-order valence-corrected chi connectivity index (χ3v) is 4.90. The van der Waals surface area contributed by atoms with E-state index in [0.717, 1.165) is 0 Å². The van der Waals surface area contributed by atoms with Crippen molar-refractivity contribution in [1.82, 2.24) is 14.3 Å². The van der Waals surface area contributed by atoms with Crippen LogP contribution in [0, 0.1) is 0 Å². The second kappa shape index (κ2) is 9.20. The summed E-state index contributed by atoms with van der Waals surface area (Å²) in [5.41, 5.74) is 0.215. The minimum absolute atomic E-state index is 0.0210. The fraction of sp³-hybridized carbons (Fsp3) is 0.375. The van der Waals surface area contributed by atoms with Crippen molar-refractivity contribution >= 4 is 21.8 Å². The number of carbonyl (C=O) groups excluding carboxylic acids is 1. The first-order valence-electron chi connectivity index (χ1n) is 8.03. The molecule has 0 bridgehead atoms. The molecule has 0 saturated carbocycles. The number of methoxy groups -OCH3 is 1. The maximum Gasteiger partial charge on any atom is 0.411 e. The van der Waals surface area contributed by atoms with Crippen molar-refractivity contribution < 1.29 is 22.7 Å². The van der Waals surface area contributed by atoms with Crippen molar-refractivity contribution in [3.8, 4) is 5.75 Å². The van der Waals surface area contributed by atoms with Gasteiger partial charge in [0.1, 0.15) is 5.75 Å². The molecule has 142 valence electrons. The fourth-order valence-corrected chi connectivity index (χ4v) is 3.30. The minimum Gasteiger partial charge on any atom is -0.495 e. The first-order chi connectivity index (χ1) is 12.5. The van der Waals surface area contributed by atoms with E-state index in [1.165, 1.54) is 25.3 Å². The third kappa shape index (κ3) is 5.46. The van der Waals surface area contributed by atoms with Crippen LogP contribution >= 0.6 is 0 Å². The van der Waals surface area contributed by atoms with E-state index in [-0.39, 0.29) is 23.7 Å². The van der Waals surface area contributed by atoms with E-state index in [9.17, 15) is 13.2 Å². The molecule has 2 N–H and O–H groups in total. The van der Waals surface area contributed by atoms with Gasteiger partial charge in [-0.1, -0.05) is 0 Å². The van der Waals surface area contributed by atoms with Crippen LogP contribution in [0.15, 0.2) is 41.8 Å². The second-order valence-electron chi connectivity index (χ2n) is 5.26. The molecule has 1 heterocycles. The predicted molar refractivity (Wildman–Crippen MR) is 95.7 cm³/mol. The lowest BCUT2D eigenvalue weighted by Gasteiger charge is -2.13. The molecule has 1 amide bonds. The van der Waals surface area contributed by atoms with Gasteiger partial charge in [-0.15, -0.1) is 0 Å². The number of nitrogens with zero attached hydrogens (tertiary/aromatic N) is 2. The molecule has 0 spiro atoms.